The van der Waals surface area contributed by atoms with Crippen LogP contribution in [-0.4, -0.2) is 51.3 Å². The van der Waals surface area contributed by atoms with Gasteiger partial charge in [-0.05, 0) is 30.7 Å². The second-order valence-corrected chi connectivity index (χ2v) is 6.54. The molecule has 2 aromatic rings. The van der Waals surface area contributed by atoms with Gasteiger partial charge < -0.3 is 25.4 Å². The number of methoxy groups -OCH3 is 1. The summed E-state index contributed by atoms with van der Waals surface area (Å²) in [7, 11) is 3.36. The van der Waals surface area contributed by atoms with Crippen LogP contribution in [0.15, 0.2) is 47.5 Å². The van der Waals surface area contributed by atoms with Gasteiger partial charge in [0.25, 0.3) is 5.69 Å². The SMILES string of the molecule is CN=C(NCCNc1ccc([N+](=O)[O-])cc1)NCc1ccc(C)cc1OCCOC. The fourth-order valence-electron chi connectivity index (χ4n) is 2.67. The molecular weight excluding hydrogens is 386 g/mol. The number of aliphatic imine (C=N–C) groups is 1. The molecule has 0 aliphatic carbocycles. The molecule has 0 aliphatic rings. The highest BCUT2D eigenvalue weighted by Crippen LogP contribution is 2.20. The molecule has 0 radical (unpaired) electrons. The molecule has 0 unspecified atom stereocenters. The lowest BCUT2D eigenvalue weighted by Gasteiger charge is -2.16. The molecule has 0 spiro atoms. The van der Waals surface area contributed by atoms with Crippen LogP contribution in [0.5, 0.6) is 5.75 Å². The number of ether oxygens (including phenoxy) is 2. The number of hydrogen-bond donors (Lipinski definition) is 3. The molecule has 0 aliphatic heterocycles. The van der Waals surface area contributed by atoms with Gasteiger partial charge in [-0.3, -0.25) is 15.1 Å². The standard InChI is InChI=1S/C21H29N5O4/c1-16-4-5-17(20(14-16)30-13-12-29-3)15-25-21(22-2)24-11-10-23-18-6-8-19(9-7-18)26(27)28/h4-9,14,23H,10-13,15H2,1-3H3,(H2,22,24,25). The van der Waals surface area contributed by atoms with E-state index < -0.39 is 4.92 Å². The number of benzene rings is 2. The second-order valence-electron chi connectivity index (χ2n) is 6.54. The van der Waals surface area contributed by atoms with E-state index in [0.29, 0.717) is 38.8 Å². The zero-order chi connectivity index (χ0) is 21.8. The fourth-order valence-corrected chi connectivity index (χ4v) is 2.67. The second kappa shape index (κ2) is 12.3. The molecule has 0 bridgehead atoms. The van der Waals surface area contributed by atoms with Gasteiger partial charge in [0.2, 0.25) is 0 Å². The molecule has 0 saturated carbocycles. The van der Waals surface area contributed by atoms with Gasteiger partial charge in [0.05, 0.1) is 11.5 Å². The number of nitro benzene ring substituents is 1. The number of nitro groups is 1. The molecule has 30 heavy (non-hydrogen) atoms. The molecule has 2 aromatic carbocycles. The summed E-state index contributed by atoms with van der Waals surface area (Å²) in [5.41, 5.74) is 3.06. The summed E-state index contributed by atoms with van der Waals surface area (Å²) in [5, 5.41) is 20.4. The van der Waals surface area contributed by atoms with Gasteiger partial charge in [0, 0.05) is 57.2 Å². The molecule has 9 heteroatoms. The van der Waals surface area contributed by atoms with Crippen molar-refractivity contribution in [3.05, 3.63) is 63.7 Å². The highest BCUT2D eigenvalue weighted by Gasteiger charge is 2.06. The molecule has 0 saturated heterocycles. The van der Waals surface area contributed by atoms with Crippen LogP contribution < -0.4 is 20.7 Å². The lowest BCUT2D eigenvalue weighted by molar-refractivity contribution is -0.384. The lowest BCUT2D eigenvalue weighted by Crippen LogP contribution is -2.39. The molecule has 0 fully saturated rings. The highest BCUT2D eigenvalue weighted by molar-refractivity contribution is 5.79. The maximum atomic E-state index is 10.7. The molecule has 9 nitrogen and oxygen atoms in total. The predicted octanol–water partition coefficient (Wildman–Crippen LogP) is 2.71. The first-order valence-electron chi connectivity index (χ1n) is 9.67. The van der Waals surface area contributed by atoms with Crippen molar-refractivity contribution in [2.75, 3.05) is 45.8 Å². The van der Waals surface area contributed by atoms with Gasteiger partial charge in [-0.25, -0.2) is 0 Å². The van der Waals surface area contributed by atoms with Crippen molar-refractivity contribution in [1.29, 1.82) is 0 Å². The highest BCUT2D eigenvalue weighted by atomic mass is 16.6. The number of aryl methyl sites for hydroxylation is 1. The molecule has 162 valence electrons. The first-order chi connectivity index (χ1) is 14.5. The Kier molecular flexibility index (Phi) is 9.39. The fraction of sp³-hybridized carbons (Fsp3) is 0.381. The van der Waals surface area contributed by atoms with Crippen LogP contribution in [-0.2, 0) is 11.3 Å². The largest absolute Gasteiger partial charge is 0.491 e. The third-order valence-corrected chi connectivity index (χ3v) is 4.26. The molecular formula is C21H29N5O4. The number of nitrogens with one attached hydrogen (secondary N) is 3. The van der Waals surface area contributed by atoms with E-state index in [1.807, 2.05) is 25.1 Å². The van der Waals surface area contributed by atoms with Crippen molar-refractivity contribution < 1.29 is 14.4 Å². The number of guanidine groups is 1. The summed E-state index contributed by atoms with van der Waals surface area (Å²) in [6, 6.07) is 12.4. The van der Waals surface area contributed by atoms with E-state index in [4.69, 9.17) is 9.47 Å². The normalized spacial score (nSPS) is 11.1. The number of nitrogens with zero attached hydrogens (tertiary/aromatic N) is 2. The van der Waals surface area contributed by atoms with Crippen molar-refractivity contribution in [2.24, 2.45) is 4.99 Å². The van der Waals surface area contributed by atoms with Crippen molar-refractivity contribution in [1.82, 2.24) is 10.6 Å². The van der Waals surface area contributed by atoms with Crippen molar-refractivity contribution in [2.45, 2.75) is 13.5 Å². The van der Waals surface area contributed by atoms with Gasteiger partial charge in [-0.2, -0.15) is 0 Å². The Hall–Kier alpha value is -3.33. The molecule has 3 N–H and O–H groups in total. The minimum Gasteiger partial charge on any atom is -0.491 e. The minimum atomic E-state index is -0.414. The third-order valence-electron chi connectivity index (χ3n) is 4.26. The first-order valence-corrected chi connectivity index (χ1v) is 9.67. The summed E-state index contributed by atoms with van der Waals surface area (Å²) in [6.45, 7) is 4.88. The summed E-state index contributed by atoms with van der Waals surface area (Å²) >= 11 is 0. The Morgan fingerprint density at radius 2 is 1.87 bits per heavy atom. The number of non-ortho nitro benzene ring substituents is 1. The van der Waals surface area contributed by atoms with Crippen LogP contribution in [0.1, 0.15) is 11.1 Å². The van der Waals surface area contributed by atoms with E-state index in [1.54, 1.807) is 26.3 Å². The van der Waals surface area contributed by atoms with Crippen molar-refractivity contribution in [3.8, 4) is 5.75 Å². The first kappa shape index (κ1) is 23.0. The monoisotopic (exact) mass is 415 g/mol. The van der Waals surface area contributed by atoms with Crippen LogP contribution in [0.3, 0.4) is 0 Å². The maximum Gasteiger partial charge on any atom is 0.269 e. The van der Waals surface area contributed by atoms with E-state index in [0.717, 1.165) is 22.6 Å². The number of rotatable bonds is 11. The molecule has 0 atom stereocenters. The van der Waals surface area contributed by atoms with Crippen LogP contribution in [0.4, 0.5) is 11.4 Å². The summed E-state index contributed by atoms with van der Waals surface area (Å²) in [4.78, 5) is 14.5. The Morgan fingerprint density at radius 1 is 1.10 bits per heavy atom. The van der Waals surface area contributed by atoms with Gasteiger partial charge >= 0.3 is 0 Å². The van der Waals surface area contributed by atoms with Crippen molar-refractivity contribution in [3.63, 3.8) is 0 Å². The Bertz CT molecular complexity index is 840. The van der Waals surface area contributed by atoms with E-state index >= 15 is 0 Å². The molecule has 0 heterocycles. The number of anilines is 1. The predicted molar refractivity (Wildman–Crippen MR) is 118 cm³/mol. The topological polar surface area (TPSA) is 110 Å². The van der Waals surface area contributed by atoms with Gasteiger partial charge in [-0.15, -0.1) is 0 Å². The Morgan fingerprint density at radius 3 is 2.53 bits per heavy atom. The number of hydrogen-bond acceptors (Lipinski definition) is 6. The van der Waals surface area contributed by atoms with Crippen molar-refractivity contribution >= 4 is 17.3 Å². The zero-order valence-corrected chi connectivity index (χ0v) is 17.6. The van der Waals surface area contributed by atoms with E-state index in [9.17, 15) is 10.1 Å². The summed E-state index contributed by atoms with van der Waals surface area (Å²) in [5.74, 6) is 1.50. The average Bonchev–Trinajstić information content (AvgIpc) is 2.75. The quantitative estimate of drug-likeness (QED) is 0.170. The smallest absolute Gasteiger partial charge is 0.269 e. The minimum absolute atomic E-state index is 0.0740. The van der Waals surface area contributed by atoms with Gasteiger partial charge in [0.15, 0.2) is 5.96 Å². The summed E-state index contributed by atoms with van der Waals surface area (Å²) in [6.07, 6.45) is 0. The van der Waals surface area contributed by atoms with Crippen LogP contribution in [0.2, 0.25) is 0 Å². The van der Waals surface area contributed by atoms with Crippen LogP contribution in [0, 0.1) is 17.0 Å². The average molecular weight is 415 g/mol. The maximum absolute atomic E-state index is 10.7. The zero-order valence-electron chi connectivity index (χ0n) is 17.6. The van der Waals surface area contributed by atoms with E-state index in [1.165, 1.54) is 12.1 Å². The Balaban J connectivity index is 1.79. The third kappa shape index (κ3) is 7.59. The molecule has 2 rings (SSSR count). The lowest BCUT2D eigenvalue weighted by atomic mass is 10.1. The van der Waals surface area contributed by atoms with E-state index in [2.05, 4.69) is 20.9 Å². The molecule has 0 aromatic heterocycles. The van der Waals surface area contributed by atoms with Crippen LogP contribution >= 0.6 is 0 Å². The van der Waals surface area contributed by atoms with Crippen LogP contribution in [0.25, 0.3) is 0 Å². The van der Waals surface area contributed by atoms with Gasteiger partial charge in [0.1, 0.15) is 12.4 Å². The van der Waals surface area contributed by atoms with Gasteiger partial charge in [-0.1, -0.05) is 12.1 Å². The molecule has 0 amide bonds. The van der Waals surface area contributed by atoms with E-state index in [-0.39, 0.29) is 5.69 Å². The summed E-state index contributed by atoms with van der Waals surface area (Å²) < 4.78 is 10.9. The Labute approximate surface area is 176 Å².